The Balaban J connectivity index is 1.80. The molecule has 8 heteroatoms. The normalized spacial score (nSPS) is 30.7. The lowest BCUT2D eigenvalue weighted by molar-refractivity contribution is -0.929. The molecule has 2 fully saturated rings. The molecule has 2 amide bonds. The number of carbonyl (C=O) groups is 2. The average molecular weight is 334 g/mol. The Bertz CT molecular complexity index is 665. The Kier molecular flexibility index (Phi) is 4.33. The molecule has 4 atom stereocenters. The lowest BCUT2D eigenvalue weighted by atomic mass is 10.1. The second-order valence-electron chi connectivity index (χ2n) is 6.42. The maximum Gasteiger partial charge on any atom is 0.292 e. The molecule has 1 aromatic carbocycles. The van der Waals surface area contributed by atoms with E-state index in [-0.39, 0.29) is 36.1 Å². The first-order valence-corrected chi connectivity index (χ1v) is 7.98. The van der Waals surface area contributed by atoms with Crippen LogP contribution in [-0.4, -0.2) is 48.1 Å². The summed E-state index contributed by atoms with van der Waals surface area (Å²) in [4.78, 5) is 37.5. The lowest BCUT2D eigenvalue weighted by Gasteiger charge is -2.34. The molecular formula is C16H20N3O5+. The summed E-state index contributed by atoms with van der Waals surface area (Å²) in [6, 6.07) is 5.07. The van der Waals surface area contributed by atoms with Gasteiger partial charge in [0.05, 0.1) is 17.0 Å². The van der Waals surface area contributed by atoms with E-state index in [2.05, 4.69) is 0 Å². The van der Waals surface area contributed by atoms with Gasteiger partial charge in [0.25, 0.3) is 11.6 Å². The van der Waals surface area contributed by atoms with E-state index in [4.69, 9.17) is 4.74 Å². The minimum atomic E-state index is -0.513. The van der Waals surface area contributed by atoms with Crippen molar-refractivity contribution in [3.8, 4) is 0 Å². The van der Waals surface area contributed by atoms with Gasteiger partial charge >= 0.3 is 0 Å². The highest BCUT2D eigenvalue weighted by Gasteiger charge is 2.47. The van der Waals surface area contributed by atoms with E-state index < -0.39 is 11.0 Å². The first-order chi connectivity index (χ1) is 11.4. The van der Waals surface area contributed by atoms with E-state index in [1.54, 1.807) is 0 Å². The molecule has 2 aliphatic heterocycles. The predicted molar refractivity (Wildman–Crippen MR) is 84.7 cm³/mol. The van der Waals surface area contributed by atoms with Gasteiger partial charge in [-0.15, -0.1) is 0 Å². The van der Waals surface area contributed by atoms with Crippen molar-refractivity contribution in [2.45, 2.75) is 38.5 Å². The molecule has 0 aromatic heterocycles. The fourth-order valence-corrected chi connectivity index (χ4v) is 3.54. The van der Waals surface area contributed by atoms with Crippen LogP contribution in [0.3, 0.4) is 0 Å². The van der Waals surface area contributed by atoms with Crippen LogP contribution in [0.5, 0.6) is 0 Å². The predicted octanol–water partition coefficient (Wildman–Crippen LogP) is -0.0812. The zero-order valence-corrected chi connectivity index (χ0v) is 13.6. The number of quaternary nitrogens is 1. The first-order valence-electron chi connectivity index (χ1n) is 7.98. The Morgan fingerprint density at radius 2 is 1.75 bits per heavy atom. The van der Waals surface area contributed by atoms with Gasteiger partial charge in [0.2, 0.25) is 5.91 Å². The van der Waals surface area contributed by atoms with E-state index in [9.17, 15) is 19.7 Å². The molecule has 24 heavy (non-hydrogen) atoms. The SMILES string of the molecule is C[C@@H]1C[NH+]([C@@H]2CC(=O)N(c3ccc([N+](=O)[O-])cc3)C2=O)C[C@H](C)O1. The monoisotopic (exact) mass is 334 g/mol. The second-order valence-corrected chi connectivity index (χ2v) is 6.42. The van der Waals surface area contributed by atoms with Gasteiger partial charge in [-0.1, -0.05) is 0 Å². The number of carbonyl (C=O) groups excluding carboxylic acids is 2. The molecule has 2 saturated heterocycles. The maximum absolute atomic E-state index is 12.8. The molecule has 1 aromatic rings. The summed E-state index contributed by atoms with van der Waals surface area (Å²) in [5.41, 5.74) is 0.308. The average Bonchev–Trinajstić information content (AvgIpc) is 2.81. The van der Waals surface area contributed by atoms with Crippen LogP contribution in [0.1, 0.15) is 20.3 Å². The molecule has 0 spiro atoms. The second kappa shape index (κ2) is 6.29. The maximum atomic E-state index is 12.8. The molecule has 0 aliphatic carbocycles. The van der Waals surface area contributed by atoms with Crippen molar-refractivity contribution in [3.63, 3.8) is 0 Å². The molecule has 8 nitrogen and oxygen atoms in total. The quantitative estimate of drug-likeness (QED) is 0.474. The Morgan fingerprint density at radius 1 is 1.17 bits per heavy atom. The van der Waals surface area contributed by atoms with Crippen LogP contribution in [0.15, 0.2) is 24.3 Å². The number of nitro groups is 1. The van der Waals surface area contributed by atoms with E-state index >= 15 is 0 Å². The van der Waals surface area contributed by atoms with Crippen molar-refractivity contribution < 1.29 is 24.1 Å². The standard InChI is InChI=1S/C16H19N3O5/c1-10-8-17(9-11(2)24-10)14-7-15(20)18(16(14)21)12-3-5-13(6-4-12)19(22)23/h3-6,10-11,14H,7-9H2,1-2H3/p+1/t10-,11+,14-/m1/s1. The van der Waals surface area contributed by atoms with Crippen molar-refractivity contribution in [2.75, 3.05) is 18.0 Å². The molecule has 0 bridgehead atoms. The number of nitrogens with zero attached hydrogens (tertiary/aromatic N) is 2. The van der Waals surface area contributed by atoms with Crippen LogP contribution >= 0.6 is 0 Å². The zero-order chi connectivity index (χ0) is 17.4. The van der Waals surface area contributed by atoms with Gasteiger partial charge in [-0.25, -0.2) is 4.90 Å². The summed E-state index contributed by atoms with van der Waals surface area (Å²) in [6.45, 7) is 5.29. The number of amides is 2. The summed E-state index contributed by atoms with van der Waals surface area (Å²) in [6.07, 6.45) is 0.241. The number of hydrogen-bond acceptors (Lipinski definition) is 5. The third-order valence-electron chi connectivity index (χ3n) is 4.52. The number of morpholine rings is 1. The van der Waals surface area contributed by atoms with Gasteiger partial charge in [-0.3, -0.25) is 19.7 Å². The van der Waals surface area contributed by atoms with Crippen LogP contribution in [0.25, 0.3) is 0 Å². The minimum Gasteiger partial charge on any atom is -0.364 e. The van der Waals surface area contributed by atoms with E-state index in [1.807, 2.05) is 13.8 Å². The summed E-state index contributed by atoms with van der Waals surface area (Å²) in [5.74, 6) is -0.511. The van der Waals surface area contributed by atoms with Crippen molar-refractivity contribution in [2.24, 2.45) is 0 Å². The first kappa shape index (κ1) is 16.5. The molecule has 3 rings (SSSR count). The topological polar surface area (TPSA) is 94.2 Å². The third-order valence-corrected chi connectivity index (χ3v) is 4.52. The lowest BCUT2D eigenvalue weighted by Crippen LogP contribution is -3.19. The third kappa shape index (κ3) is 3.02. The molecule has 1 unspecified atom stereocenters. The highest BCUT2D eigenvalue weighted by molar-refractivity contribution is 6.21. The molecule has 0 saturated carbocycles. The summed E-state index contributed by atoms with van der Waals surface area (Å²) in [7, 11) is 0. The Hall–Kier alpha value is -2.32. The fraction of sp³-hybridized carbons (Fsp3) is 0.500. The van der Waals surface area contributed by atoms with Crippen molar-refractivity contribution in [3.05, 3.63) is 34.4 Å². The van der Waals surface area contributed by atoms with Gasteiger partial charge in [-0.2, -0.15) is 0 Å². The highest BCUT2D eigenvalue weighted by Crippen LogP contribution is 2.24. The molecule has 2 heterocycles. The van der Waals surface area contributed by atoms with Gasteiger partial charge < -0.3 is 9.64 Å². The number of non-ortho nitro benzene ring substituents is 1. The van der Waals surface area contributed by atoms with Gasteiger partial charge in [0.1, 0.15) is 25.3 Å². The summed E-state index contributed by atoms with van der Waals surface area (Å²) in [5, 5.41) is 10.7. The number of nitrogens with one attached hydrogen (secondary N) is 1. The number of rotatable bonds is 3. The van der Waals surface area contributed by atoms with Gasteiger partial charge in [0.15, 0.2) is 6.04 Å². The Labute approximate surface area is 139 Å². The van der Waals surface area contributed by atoms with E-state index in [1.165, 1.54) is 24.3 Å². The summed E-state index contributed by atoms with van der Waals surface area (Å²) < 4.78 is 5.69. The van der Waals surface area contributed by atoms with Gasteiger partial charge in [-0.05, 0) is 26.0 Å². The number of nitro benzene ring substituents is 1. The molecular weight excluding hydrogens is 314 g/mol. The minimum absolute atomic E-state index is 0.0417. The number of imide groups is 1. The largest absolute Gasteiger partial charge is 0.364 e. The van der Waals surface area contributed by atoms with Crippen LogP contribution in [0.4, 0.5) is 11.4 Å². The fourth-order valence-electron chi connectivity index (χ4n) is 3.54. The van der Waals surface area contributed by atoms with Crippen molar-refractivity contribution in [1.29, 1.82) is 0 Å². The van der Waals surface area contributed by atoms with E-state index in [0.717, 1.165) is 9.80 Å². The Morgan fingerprint density at radius 3 is 2.29 bits per heavy atom. The van der Waals surface area contributed by atoms with Crippen LogP contribution in [0, 0.1) is 10.1 Å². The number of ether oxygens (including phenoxy) is 1. The molecule has 2 aliphatic rings. The van der Waals surface area contributed by atoms with Crippen LogP contribution < -0.4 is 9.80 Å². The molecule has 128 valence electrons. The molecule has 0 radical (unpaired) electrons. The number of hydrogen-bond donors (Lipinski definition) is 1. The molecule has 1 N–H and O–H groups in total. The van der Waals surface area contributed by atoms with Crippen LogP contribution in [0.2, 0.25) is 0 Å². The summed E-state index contributed by atoms with van der Waals surface area (Å²) >= 11 is 0. The number of benzene rings is 1. The smallest absolute Gasteiger partial charge is 0.292 e. The highest BCUT2D eigenvalue weighted by atomic mass is 16.6. The number of anilines is 1. The van der Waals surface area contributed by atoms with Crippen molar-refractivity contribution in [1.82, 2.24) is 0 Å². The zero-order valence-electron chi connectivity index (χ0n) is 13.6. The van der Waals surface area contributed by atoms with E-state index in [0.29, 0.717) is 18.8 Å². The van der Waals surface area contributed by atoms with Crippen LogP contribution in [-0.2, 0) is 14.3 Å². The van der Waals surface area contributed by atoms with Crippen molar-refractivity contribution >= 4 is 23.2 Å². The van der Waals surface area contributed by atoms with Gasteiger partial charge in [0, 0.05) is 12.1 Å².